The van der Waals surface area contributed by atoms with Crippen LogP contribution in [0.15, 0.2) is 82.2 Å². The SMILES string of the molecule is CN=c1scc(-c2cccc3ccccc23)n1N=C(C)c1ccc(O)cc1. The fourth-order valence-electron chi connectivity index (χ4n) is 3.09. The van der Waals surface area contributed by atoms with Crippen molar-refractivity contribution in [3.05, 3.63) is 82.5 Å². The highest BCUT2D eigenvalue weighted by molar-refractivity contribution is 7.07. The van der Waals surface area contributed by atoms with Crippen molar-refractivity contribution in [2.75, 3.05) is 7.05 Å². The molecular weight excluding hydrogens is 354 g/mol. The molecule has 27 heavy (non-hydrogen) atoms. The number of aromatic nitrogens is 1. The van der Waals surface area contributed by atoms with Gasteiger partial charge < -0.3 is 5.11 Å². The molecule has 0 spiro atoms. The molecular formula is C22H19N3OS. The van der Waals surface area contributed by atoms with Gasteiger partial charge in [-0.3, -0.25) is 4.99 Å². The lowest BCUT2D eigenvalue weighted by molar-refractivity contribution is 0.475. The van der Waals surface area contributed by atoms with E-state index in [4.69, 9.17) is 5.10 Å². The van der Waals surface area contributed by atoms with Crippen molar-refractivity contribution in [3.63, 3.8) is 0 Å². The summed E-state index contributed by atoms with van der Waals surface area (Å²) in [6.07, 6.45) is 0. The molecule has 0 saturated heterocycles. The predicted molar refractivity (Wildman–Crippen MR) is 112 cm³/mol. The van der Waals surface area contributed by atoms with Crippen LogP contribution in [0.1, 0.15) is 12.5 Å². The highest BCUT2D eigenvalue weighted by atomic mass is 32.1. The quantitative estimate of drug-likeness (QED) is 0.511. The van der Waals surface area contributed by atoms with Crippen molar-refractivity contribution in [2.24, 2.45) is 10.1 Å². The van der Waals surface area contributed by atoms with Crippen LogP contribution in [0.25, 0.3) is 22.0 Å². The first-order valence-corrected chi connectivity index (χ1v) is 9.52. The average molecular weight is 373 g/mol. The van der Waals surface area contributed by atoms with Crippen molar-refractivity contribution in [1.29, 1.82) is 0 Å². The van der Waals surface area contributed by atoms with E-state index in [2.05, 4.69) is 46.8 Å². The average Bonchev–Trinajstić information content (AvgIpc) is 3.10. The molecule has 0 aliphatic carbocycles. The van der Waals surface area contributed by atoms with E-state index < -0.39 is 0 Å². The topological polar surface area (TPSA) is 49.9 Å². The Labute approximate surface area is 161 Å². The molecule has 0 radical (unpaired) electrons. The maximum atomic E-state index is 9.51. The number of nitrogens with zero attached hydrogens (tertiary/aromatic N) is 3. The van der Waals surface area contributed by atoms with E-state index in [1.54, 1.807) is 30.5 Å². The minimum Gasteiger partial charge on any atom is -0.508 e. The Morgan fingerprint density at radius 2 is 1.70 bits per heavy atom. The molecule has 1 heterocycles. The van der Waals surface area contributed by atoms with Gasteiger partial charge in [0.2, 0.25) is 4.80 Å². The third-order valence-electron chi connectivity index (χ3n) is 4.48. The van der Waals surface area contributed by atoms with Crippen LogP contribution in [0.5, 0.6) is 5.75 Å². The van der Waals surface area contributed by atoms with Crippen LogP contribution in [0, 0.1) is 0 Å². The number of rotatable bonds is 3. The van der Waals surface area contributed by atoms with Crippen molar-refractivity contribution >= 4 is 27.8 Å². The van der Waals surface area contributed by atoms with Gasteiger partial charge in [0.1, 0.15) is 5.75 Å². The number of hydrogen-bond donors (Lipinski definition) is 1. The van der Waals surface area contributed by atoms with Crippen LogP contribution in [0.4, 0.5) is 0 Å². The Bertz CT molecular complexity index is 1190. The van der Waals surface area contributed by atoms with E-state index in [-0.39, 0.29) is 5.75 Å². The zero-order valence-corrected chi connectivity index (χ0v) is 15.9. The summed E-state index contributed by atoms with van der Waals surface area (Å²) in [5.41, 5.74) is 3.94. The van der Waals surface area contributed by atoms with Crippen molar-refractivity contribution in [2.45, 2.75) is 6.92 Å². The minimum atomic E-state index is 0.246. The maximum absolute atomic E-state index is 9.51. The van der Waals surface area contributed by atoms with Gasteiger partial charge in [0, 0.05) is 18.0 Å². The Morgan fingerprint density at radius 1 is 0.963 bits per heavy atom. The van der Waals surface area contributed by atoms with E-state index in [1.807, 2.05) is 29.8 Å². The van der Waals surface area contributed by atoms with Gasteiger partial charge >= 0.3 is 0 Å². The zero-order valence-electron chi connectivity index (χ0n) is 15.1. The number of aromatic hydroxyl groups is 1. The van der Waals surface area contributed by atoms with Crippen molar-refractivity contribution in [3.8, 4) is 17.0 Å². The molecule has 5 heteroatoms. The summed E-state index contributed by atoms with van der Waals surface area (Å²) in [5, 5.41) is 18.8. The minimum absolute atomic E-state index is 0.246. The largest absolute Gasteiger partial charge is 0.508 e. The van der Waals surface area contributed by atoms with Crippen LogP contribution < -0.4 is 4.80 Å². The van der Waals surface area contributed by atoms with E-state index in [0.29, 0.717) is 0 Å². The van der Waals surface area contributed by atoms with Gasteiger partial charge in [-0.15, -0.1) is 11.3 Å². The standard InChI is InChI=1S/C22H19N3OS/c1-15(16-10-12-18(26)13-11-16)24-25-21(14-27-22(25)23-2)20-9-5-7-17-6-3-4-8-19(17)20/h3-14,26H,1-2H3. The summed E-state index contributed by atoms with van der Waals surface area (Å²) < 4.78 is 1.90. The van der Waals surface area contributed by atoms with Gasteiger partial charge in [-0.1, -0.05) is 42.5 Å². The van der Waals surface area contributed by atoms with E-state index >= 15 is 0 Å². The fourth-order valence-corrected chi connectivity index (χ4v) is 3.88. The molecule has 4 nitrogen and oxygen atoms in total. The van der Waals surface area contributed by atoms with Gasteiger partial charge in [-0.2, -0.15) is 5.10 Å². The highest BCUT2D eigenvalue weighted by Gasteiger charge is 2.11. The van der Waals surface area contributed by atoms with E-state index in [1.165, 1.54) is 10.8 Å². The molecule has 0 aliphatic heterocycles. The Kier molecular flexibility index (Phi) is 4.60. The molecule has 4 rings (SSSR count). The Morgan fingerprint density at radius 3 is 2.48 bits per heavy atom. The highest BCUT2D eigenvalue weighted by Crippen LogP contribution is 2.29. The molecule has 3 aromatic carbocycles. The third kappa shape index (κ3) is 3.29. The molecule has 0 fully saturated rings. The molecule has 134 valence electrons. The van der Waals surface area contributed by atoms with Gasteiger partial charge in [0.15, 0.2) is 0 Å². The van der Waals surface area contributed by atoms with Gasteiger partial charge in [0.25, 0.3) is 0 Å². The number of benzene rings is 3. The lowest BCUT2D eigenvalue weighted by Crippen LogP contribution is -2.13. The normalized spacial score (nSPS) is 12.7. The van der Waals surface area contributed by atoms with Crippen LogP contribution >= 0.6 is 11.3 Å². The first-order chi connectivity index (χ1) is 13.2. The zero-order chi connectivity index (χ0) is 18.8. The summed E-state index contributed by atoms with van der Waals surface area (Å²) in [5.74, 6) is 0.246. The summed E-state index contributed by atoms with van der Waals surface area (Å²) in [4.78, 5) is 5.22. The third-order valence-corrected chi connectivity index (χ3v) is 5.38. The molecule has 0 atom stereocenters. The van der Waals surface area contributed by atoms with Gasteiger partial charge in [-0.05, 0) is 47.5 Å². The van der Waals surface area contributed by atoms with Crippen molar-refractivity contribution < 1.29 is 5.11 Å². The first-order valence-electron chi connectivity index (χ1n) is 8.64. The summed E-state index contributed by atoms with van der Waals surface area (Å²) >= 11 is 1.57. The van der Waals surface area contributed by atoms with Crippen LogP contribution in [-0.4, -0.2) is 22.5 Å². The lowest BCUT2D eigenvalue weighted by atomic mass is 10.0. The number of phenolic OH excluding ortho intramolecular Hbond substituents is 1. The second-order valence-corrected chi connectivity index (χ2v) is 7.03. The van der Waals surface area contributed by atoms with Crippen LogP contribution in [0.2, 0.25) is 0 Å². The van der Waals surface area contributed by atoms with Crippen LogP contribution in [-0.2, 0) is 0 Å². The second-order valence-electron chi connectivity index (χ2n) is 6.20. The Hall–Kier alpha value is -3.18. The Balaban J connectivity index is 1.91. The fraction of sp³-hybridized carbons (Fsp3) is 0.0909. The first kappa shape index (κ1) is 17.2. The van der Waals surface area contributed by atoms with Gasteiger partial charge in [-0.25, -0.2) is 4.68 Å². The number of thiazole rings is 1. The monoisotopic (exact) mass is 373 g/mol. The van der Waals surface area contributed by atoms with Gasteiger partial charge in [0.05, 0.1) is 11.4 Å². The maximum Gasteiger partial charge on any atom is 0.205 e. The van der Waals surface area contributed by atoms with E-state index in [0.717, 1.165) is 27.3 Å². The van der Waals surface area contributed by atoms with Crippen LogP contribution in [0.3, 0.4) is 0 Å². The second kappa shape index (κ2) is 7.21. The van der Waals surface area contributed by atoms with E-state index in [9.17, 15) is 5.11 Å². The smallest absolute Gasteiger partial charge is 0.205 e. The molecule has 0 amide bonds. The predicted octanol–water partition coefficient (Wildman–Crippen LogP) is 4.88. The molecule has 0 unspecified atom stereocenters. The molecule has 4 aromatic rings. The lowest BCUT2D eigenvalue weighted by Gasteiger charge is -2.09. The molecule has 0 aliphatic rings. The molecule has 0 bridgehead atoms. The van der Waals surface area contributed by atoms with Crippen molar-refractivity contribution in [1.82, 2.24) is 4.68 Å². The summed E-state index contributed by atoms with van der Waals surface area (Å²) in [6, 6.07) is 21.7. The molecule has 1 aromatic heterocycles. The molecule has 0 saturated carbocycles. The molecule has 1 N–H and O–H groups in total. The summed E-state index contributed by atoms with van der Waals surface area (Å²) in [6.45, 7) is 1.96. The number of fused-ring (bicyclic) bond motifs is 1. The summed E-state index contributed by atoms with van der Waals surface area (Å²) in [7, 11) is 1.78. The number of hydrogen-bond acceptors (Lipinski definition) is 4. The number of phenols is 1.